The topological polar surface area (TPSA) is 52.6 Å². The van der Waals surface area contributed by atoms with Gasteiger partial charge < -0.3 is 9.47 Å². The van der Waals surface area contributed by atoms with Crippen molar-refractivity contribution in [3.63, 3.8) is 0 Å². The highest BCUT2D eigenvalue weighted by Gasteiger charge is 2.40. The van der Waals surface area contributed by atoms with Gasteiger partial charge in [0.15, 0.2) is 0 Å². The summed E-state index contributed by atoms with van der Waals surface area (Å²) < 4.78 is 9.76. The van der Waals surface area contributed by atoms with E-state index in [1.807, 2.05) is 0 Å². The maximum atomic E-state index is 11.7. The van der Waals surface area contributed by atoms with Gasteiger partial charge in [0, 0.05) is 11.8 Å². The largest absolute Gasteiger partial charge is 0.490 e. The van der Waals surface area contributed by atoms with Crippen LogP contribution in [0.2, 0.25) is 0 Å². The fourth-order valence-electron chi connectivity index (χ4n) is 1.48. The summed E-state index contributed by atoms with van der Waals surface area (Å²) in [6.07, 6.45) is 0. The van der Waals surface area contributed by atoms with Crippen molar-refractivity contribution < 1.29 is 19.1 Å². The fourth-order valence-corrected chi connectivity index (χ4v) is 1.48. The molecule has 2 atom stereocenters. The molecule has 4 nitrogen and oxygen atoms in total. The van der Waals surface area contributed by atoms with Crippen molar-refractivity contribution in [1.82, 2.24) is 0 Å². The molecule has 0 saturated heterocycles. The molecule has 1 rings (SSSR count). The first-order valence-electron chi connectivity index (χ1n) is 4.45. The van der Waals surface area contributed by atoms with E-state index in [2.05, 4.69) is 0 Å². The number of allylic oxidation sites excluding steroid dienone is 2. The van der Waals surface area contributed by atoms with Crippen LogP contribution in [0.1, 0.15) is 13.8 Å². The summed E-state index contributed by atoms with van der Waals surface area (Å²) in [5.41, 5.74) is 0. The monoisotopic (exact) mass is 198 g/mol. The van der Waals surface area contributed by atoms with E-state index in [9.17, 15) is 9.59 Å². The van der Waals surface area contributed by atoms with Crippen LogP contribution in [0, 0.1) is 11.8 Å². The molecule has 0 heterocycles. The molecular weight excluding hydrogens is 184 g/mol. The van der Waals surface area contributed by atoms with Gasteiger partial charge in [0.05, 0.1) is 14.2 Å². The molecule has 14 heavy (non-hydrogen) atoms. The highest BCUT2D eigenvalue weighted by Crippen LogP contribution is 2.28. The first-order valence-corrected chi connectivity index (χ1v) is 4.45. The summed E-state index contributed by atoms with van der Waals surface area (Å²) in [6.45, 7) is 3.44. The van der Waals surface area contributed by atoms with Gasteiger partial charge in [0.25, 0.3) is 0 Å². The van der Waals surface area contributed by atoms with Gasteiger partial charge in [-0.25, -0.2) is 0 Å². The molecule has 1 aliphatic carbocycles. The lowest BCUT2D eigenvalue weighted by Crippen LogP contribution is -2.35. The second-order valence-corrected chi connectivity index (χ2v) is 3.37. The highest BCUT2D eigenvalue weighted by atomic mass is 16.5. The highest BCUT2D eigenvalue weighted by molar-refractivity contribution is 6.11. The van der Waals surface area contributed by atoms with E-state index in [0.29, 0.717) is 0 Å². The van der Waals surface area contributed by atoms with Gasteiger partial charge in [-0.1, -0.05) is 13.8 Å². The number of carbonyl (C=O) groups excluding carboxylic acids is 2. The number of hydrogen-bond donors (Lipinski definition) is 0. The third-order valence-corrected chi connectivity index (χ3v) is 2.64. The van der Waals surface area contributed by atoms with Crippen LogP contribution in [0.3, 0.4) is 0 Å². The minimum Gasteiger partial charge on any atom is -0.490 e. The van der Waals surface area contributed by atoms with Gasteiger partial charge in [0.1, 0.15) is 0 Å². The number of carbonyl (C=O) groups is 2. The number of methoxy groups -OCH3 is 2. The van der Waals surface area contributed by atoms with E-state index in [-0.39, 0.29) is 34.9 Å². The second-order valence-electron chi connectivity index (χ2n) is 3.37. The van der Waals surface area contributed by atoms with E-state index in [1.165, 1.54) is 14.2 Å². The predicted molar refractivity (Wildman–Crippen MR) is 49.4 cm³/mol. The first-order chi connectivity index (χ1) is 6.54. The molecule has 0 aliphatic heterocycles. The average molecular weight is 198 g/mol. The van der Waals surface area contributed by atoms with Crippen molar-refractivity contribution in [3.8, 4) is 0 Å². The molecule has 0 N–H and O–H groups in total. The average Bonchev–Trinajstić information content (AvgIpc) is 2.20. The van der Waals surface area contributed by atoms with Gasteiger partial charge in [-0.3, -0.25) is 9.59 Å². The fraction of sp³-hybridized carbons (Fsp3) is 0.600. The summed E-state index contributed by atoms with van der Waals surface area (Å²) in [7, 11) is 2.73. The molecule has 78 valence electrons. The number of rotatable bonds is 2. The van der Waals surface area contributed by atoms with Crippen molar-refractivity contribution in [2.75, 3.05) is 14.2 Å². The van der Waals surface area contributed by atoms with Gasteiger partial charge in [0.2, 0.25) is 23.1 Å². The minimum atomic E-state index is -0.337. The van der Waals surface area contributed by atoms with Crippen LogP contribution in [0.5, 0.6) is 0 Å². The summed E-state index contributed by atoms with van der Waals surface area (Å²) >= 11 is 0. The number of Topliss-reactive ketones (excluding diaryl/α,β-unsaturated/α-hetero) is 2. The van der Waals surface area contributed by atoms with Crippen molar-refractivity contribution in [3.05, 3.63) is 11.5 Å². The van der Waals surface area contributed by atoms with E-state index >= 15 is 0 Å². The Morgan fingerprint density at radius 3 is 1.36 bits per heavy atom. The maximum Gasteiger partial charge on any atom is 0.208 e. The molecule has 0 fully saturated rings. The second kappa shape index (κ2) is 3.82. The molecule has 0 unspecified atom stereocenters. The molecule has 0 aromatic carbocycles. The van der Waals surface area contributed by atoms with Crippen LogP contribution >= 0.6 is 0 Å². The van der Waals surface area contributed by atoms with Gasteiger partial charge in [-0.2, -0.15) is 0 Å². The molecule has 0 radical (unpaired) electrons. The molecule has 0 spiro atoms. The van der Waals surface area contributed by atoms with Crippen LogP contribution < -0.4 is 0 Å². The zero-order valence-corrected chi connectivity index (χ0v) is 8.79. The lowest BCUT2D eigenvalue weighted by Gasteiger charge is -2.25. The van der Waals surface area contributed by atoms with E-state index in [4.69, 9.17) is 9.47 Å². The molecule has 1 aliphatic rings. The Bertz CT molecular complexity index is 273. The van der Waals surface area contributed by atoms with Gasteiger partial charge >= 0.3 is 0 Å². The predicted octanol–water partition coefficient (Wildman–Crippen LogP) is 0.915. The maximum absolute atomic E-state index is 11.7. The van der Waals surface area contributed by atoms with Crippen LogP contribution in [-0.4, -0.2) is 25.8 Å². The lowest BCUT2D eigenvalue weighted by atomic mass is 9.82. The van der Waals surface area contributed by atoms with Crippen molar-refractivity contribution >= 4 is 11.6 Å². The van der Waals surface area contributed by atoms with Gasteiger partial charge in [-0.05, 0) is 0 Å². The van der Waals surface area contributed by atoms with E-state index in [1.54, 1.807) is 13.8 Å². The van der Waals surface area contributed by atoms with Crippen LogP contribution in [0.15, 0.2) is 11.5 Å². The van der Waals surface area contributed by atoms with Crippen LogP contribution in [0.25, 0.3) is 0 Å². The quantitative estimate of drug-likeness (QED) is 0.662. The number of hydrogen-bond acceptors (Lipinski definition) is 4. The van der Waals surface area contributed by atoms with Crippen molar-refractivity contribution in [1.29, 1.82) is 0 Å². The normalized spacial score (nSPS) is 28.0. The van der Waals surface area contributed by atoms with Crippen LogP contribution in [0.4, 0.5) is 0 Å². The SMILES string of the molecule is COC1=C(OC)C(=O)[C@H](C)[C@@H](C)C1=O. The number of ketones is 2. The molecule has 0 amide bonds. The Morgan fingerprint density at radius 1 is 0.857 bits per heavy atom. The van der Waals surface area contributed by atoms with Crippen molar-refractivity contribution in [2.45, 2.75) is 13.8 Å². The summed E-state index contributed by atoms with van der Waals surface area (Å²) in [5, 5.41) is 0. The summed E-state index contributed by atoms with van der Waals surface area (Å²) in [5.74, 6) is -0.924. The van der Waals surface area contributed by atoms with Crippen molar-refractivity contribution in [2.24, 2.45) is 11.8 Å². The Morgan fingerprint density at radius 2 is 1.14 bits per heavy atom. The zero-order chi connectivity index (χ0) is 10.9. The first kappa shape index (κ1) is 10.8. The molecule has 0 aromatic heterocycles. The Labute approximate surface area is 82.9 Å². The van der Waals surface area contributed by atoms with Gasteiger partial charge in [-0.15, -0.1) is 0 Å². The Hall–Kier alpha value is -1.32. The molecule has 0 saturated carbocycles. The molecule has 0 aromatic rings. The molecule has 0 bridgehead atoms. The lowest BCUT2D eigenvalue weighted by molar-refractivity contribution is -0.134. The zero-order valence-electron chi connectivity index (χ0n) is 8.79. The third-order valence-electron chi connectivity index (χ3n) is 2.64. The molecular formula is C10H14O4. The number of ether oxygens (including phenoxy) is 2. The molecule has 4 heteroatoms. The Balaban J connectivity index is 3.22. The standard InChI is InChI=1S/C10H14O4/c1-5-6(2)8(12)10(14-4)9(13-3)7(5)11/h5-6H,1-4H3/t5-,6-/m1/s1. The summed E-state index contributed by atoms with van der Waals surface area (Å²) in [4.78, 5) is 23.3. The minimum absolute atomic E-state index is 0.0445. The smallest absolute Gasteiger partial charge is 0.208 e. The summed E-state index contributed by atoms with van der Waals surface area (Å²) in [6, 6.07) is 0. The van der Waals surface area contributed by atoms with E-state index in [0.717, 1.165) is 0 Å². The van der Waals surface area contributed by atoms with Crippen LogP contribution in [-0.2, 0) is 19.1 Å². The Kier molecular flexibility index (Phi) is 2.93. The third kappa shape index (κ3) is 1.41. The van der Waals surface area contributed by atoms with E-state index < -0.39 is 0 Å².